The molecule has 5 heteroatoms. The molecule has 0 bridgehead atoms. The molecule has 0 aliphatic rings. The van der Waals surface area contributed by atoms with Crippen LogP contribution in [0.2, 0.25) is 5.02 Å². The van der Waals surface area contributed by atoms with Gasteiger partial charge < -0.3 is 4.74 Å². The molecule has 19 heavy (non-hydrogen) atoms. The van der Waals surface area contributed by atoms with Gasteiger partial charge in [0, 0.05) is 11.0 Å². The van der Waals surface area contributed by atoms with Crippen molar-refractivity contribution >= 4 is 27.5 Å². The van der Waals surface area contributed by atoms with Crippen molar-refractivity contribution in [2.45, 2.75) is 18.9 Å². The molecule has 0 spiro atoms. The highest BCUT2D eigenvalue weighted by atomic mass is 79.9. The van der Waals surface area contributed by atoms with E-state index in [1.165, 1.54) is 6.07 Å². The highest BCUT2D eigenvalue weighted by Crippen LogP contribution is 2.22. The summed E-state index contributed by atoms with van der Waals surface area (Å²) in [5.74, 6) is 0.284. The van der Waals surface area contributed by atoms with Gasteiger partial charge in [-0.1, -0.05) is 33.6 Å². The van der Waals surface area contributed by atoms with Gasteiger partial charge in [0.05, 0.1) is 10.7 Å². The maximum absolute atomic E-state index is 13.0. The van der Waals surface area contributed by atoms with Crippen LogP contribution in [0, 0.1) is 12.7 Å². The van der Waals surface area contributed by atoms with E-state index in [0.29, 0.717) is 17.7 Å². The van der Waals surface area contributed by atoms with Crippen LogP contribution in [0.5, 0.6) is 5.75 Å². The molecule has 0 aliphatic heterocycles. The molecule has 0 saturated heterocycles. The number of nitrogens with zero attached hydrogens (tertiary/aromatic N) is 1. The van der Waals surface area contributed by atoms with Gasteiger partial charge in [-0.2, -0.15) is 0 Å². The molecule has 0 N–H and O–H groups in total. The van der Waals surface area contributed by atoms with Crippen molar-refractivity contribution in [2.75, 3.05) is 0 Å². The minimum Gasteiger partial charge on any atom is -0.487 e. The minimum atomic E-state index is -0.427. The molecule has 0 fully saturated rings. The molecule has 2 rings (SSSR count). The first-order chi connectivity index (χ1) is 9.10. The van der Waals surface area contributed by atoms with Gasteiger partial charge in [-0.05, 0) is 36.8 Å². The van der Waals surface area contributed by atoms with Gasteiger partial charge in [-0.25, -0.2) is 4.39 Å². The van der Waals surface area contributed by atoms with Crippen molar-refractivity contribution in [3.05, 3.63) is 58.1 Å². The van der Waals surface area contributed by atoms with Crippen molar-refractivity contribution in [1.82, 2.24) is 4.98 Å². The SMILES string of the molecule is Cc1ccc(OCc2ccc(F)c(Cl)c2)c(CBr)n1. The Morgan fingerprint density at radius 3 is 2.79 bits per heavy atom. The Morgan fingerprint density at radius 2 is 2.11 bits per heavy atom. The van der Waals surface area contributed by atoms with Crippen LogP contribution in [0.1, 0.15) is 17.0 Å². The standard InChI is InChI=1S/C14H12BrClFNO/c1-9-2-5-14(13(7-15)18-9)19-8-10-3-4-12(17)11(16)6-10/h2-6H,7-8H2,1H3. The summed E-state index contributed by atoms with van der Waals surface area (Å²) in [5, 5.41) is 0.720. The number of benzene rings is 1. The molecule has 0 saturated carbocycles. The smallest absolute Gasteiger partial charge is 0.142 e. The number of aryl methyl sites for hydroxylation is 1. The fraction of sp³-hybridized carbons (Fsp3) is 0.214. The predicted octanol–water partition coefficient (Wildman–Crippen LogP) is 4.66. The van der Waals surface area contributed by atoms with E-state index in [1.54, 1.807) is 12.1 Å². The molecule has 2 aromatic rings. The van der Waals surface area contributed by atoms with E-state index >= 15 is 0 Å². The summed E-state index contributed by atoms with van der Waals surface area (Å²) in [6.45, 7) is 2.25. The number of rotatable bonds is 4. The normalized spacial score (nSPS) is 10.5. The van der Waals surface area contributed by atoms with E-state index in [1.807, 2.05) is 19.1 Å². The lowest BCUT2D eigenvalue weighted by atomic mass is 10.2. The third-order valence-electron chi connectivity index (χ3n) is 2.58. The minimum absolute atomic E-state index is 0.101. The van der Waals surface area contributed by atoms with Crippen molar-refractivity contribution in [1.29, 1.82) is 0 Å². The first-order valence-corrected chi connectivity index (χ1v) is 7.19. The Hall–Kier alpha value is -1.13. The highest BCUT2D eigenvalue weighted by molar-refractivity contribution is 9.08. The second-order valence-corrected chi connectivity index (χ2v) is 5.04. The number of hydrogen-bond acceptors (Lipinski definition) is 2. The van der Waals surface area contributed by atoms with Crippen molar-refractivity contribution in [2.24, 2.45) is 0 Å². The van der Waals surface area contributed by atoms with Crippen LogP contribution >= 0.6 is 27.5 Å². The lowest BCUT2D eigenvalue weighted by Crippen LogP contribution is -2.00. The summed E-state index contributed by atoms with van der Waals surface area (Å²) >= 11 is 9.10. The maximum Gasteiger partial charge on any atom is 0.142 e. The van der Waals surface area contributed by atoms with Crippen LogP contribution in [-0.2, 0) is 11.9 Å². The average molecular weight is 345 g/mol. The number of hydrogen-bond donors (Lipinski definition) is 0. The summed E-state index contributed by atoms with van der Waals surface area (Å²) in [6.07, 6.45) is 0. The topological polar surface area (TPSA) is 22.1 Å². The molecule has 1 heterocycles. The Morgan fingerprint density at radius 1 is 1.32 bits per heavy atom. The number of alkyl halides is 1. The zero-order valence-corrected chi connectivity index (χ0v) is 12.6. The average Bonchev–Trinajstić information content (AvgIpc) is 2.41. The molecule has 100 valence electrons. The first-order valence-electron chi connectivity index (χ1n) is 5.69. The summed E-state index contributed by atoms with van der Waals surface area (Å²) in [7, 11) is 0. The second kappa shape index (κ2) is 6.35. The first kappa shape index (κ1) is 14.3. The third-order valence-corrected chi connectivity index (χ3v) is 3.40. The van der Waals surface area contributed by atoms with Gasteiger partial charge in [0.25, 0.3) is 0 Å². The van der Waals surface area contributed by atoms with E-state index in [2.05, 4.69) is 20.9 Å². The highest BCUT2D eigenvalue weighted by Gasteiger charge is 2.06. The van der Waals surface area contributed by atoms with E-state index in [-0.39, 0.29) is 5.02 Å². The van der Waals surface area contributed by atoms with Gasteiger partial charge in [0.1, 0.15) is 18.2 Å². The van der Waals surface area contributed by atoms with Crippen LogP contribution in [-0.4, -0.2) is 4.98 Å². The Kier molecular flexibility index (Phi) is 4.77. The molecule has 1 aromatic heterocycles. The van der Waals surface area contributed by atoms with Gasteiger partial charge in [-0.15, -0.1) is 0 Å². The van der Waals surface area contributed by atoms with Crippen LogP contribution in [0.4, 0.5) is 4.39 Å². The molecule has 0 amide bonds. The van der Waals surface area contributed by atoms with Crippen molar-refractivity contribution < 1.29 is 9.13 Å². The van der Waals surface area contributed by atoms with Crippen LogP contribution in [0.25, 0.3) is 0 Å². The fourth-order valence-corrected chi connectivity index (χ4v) is 2.22. The van der Waals surface area contributed by atoms with Crippen LogP contribution < -0.4 is 4.74 Å². The number of pyridine rings is 1. The summed E-state index contributed by atoms with van der Waals surface area (Å²) < 4.78 is 18.7. The number of halogens is 3. The maximum atomic E-state index is 13.0. The zero-order chi connectivity index (χ0) is 13.8. The fourth-order valence-electron chi connectivity index (χ4n) is 1.62. The number of aromatic nitrogens is 1. The van der Waals surface area contributed by atoms with Crippen molar-refractivity contribution in [3.8, 4) is 5.75 Å². The van der Waals surface area contributed by atoms with Crippen molar-refractivity contribution in [3.63, 3.8) is 0 Å². The van der Waals surface area contributed by atoms with Gasteiger partial charge in [0.15, 0.2) is 0 Å². The summed E-state index contributed by atoms with van der Waals surface area (Å²) in [6, 6.07) is 8.31. The van der Waals surface area contributed by atoms with E-state index in [0.717, 1.165) is 17.0 Å². The van der Waals surface area contributed by atoms with E-state index < -0.39 is 5.82 Å². The summed E-state index contributed by atoms with van der Waals surface area (Å²) in [5.41, 5.74) is 2.59. The molecule has 0 aliphatic carbocycles. The Labute approximate surface area is 124 Å². The molecule has 0 radical (unpaired) electrons. The molecule has 1 aromatic carbocycles. The van der Waals surface area contributed by atoms with Gasteiger partial charge in [-0.3, -0.25) is 4.98 Å². The molecular weight excluding hydrogens is 333 g/mol. The Balaban J connectivity index is 2.12. The van der Waals surface area contributed by atoms with Gasteiger partial charge >= 0.3 is 0 Å². The Bertz CT molecular complexity index is 592. The summed E-state index contributed by atoms with van der Waals surface area (Å²) in [4.78, 5) is 4.38. The van der Waals surface area contributed by atoms with E-state index in [9.17, 15) is 4.39 Å². The van der Waals surface area contributed by atoms with Gasteiger partial charge in [0.2, 0.25) is 0 Å². The molecule has 2 nitrogen and oxygen atoms in total. The zero-order valence-electron chi connectivity index (χ0n) is 10.3. The third kappa shape index (κ3) is 3.67. The lowest BCUT2D eigenvalue weighted by Gasteiger charge is -2.10. The van der Waals surface area contributed by atoms with Crippen LogP contribution in [0.3, 0.4) is 0 Å². The molecule has 0 atom stereocenters. The monoisotopic (exact) mass is 343 g/mol. The largest absolute Gasteiger partial charge is 0.487 e. The predicted molar refractivity (Wildman–Crippen MR) is 77.3 cm³/mol. The second-order valence-electron chi connectivity index (χ2n) is 4.07. The molecular formula is C14H12BrClFNO. The number of ether oxygens (including phenoxy) is 1. The van der Waals surface area contributed by atoms with Crippen LogP contribution in [0.15, 0.2) is 30.3 Å². The molecule has 0 unspecified atom stereocenters. The van der Waals surface area contributed by atoms with E-state index in [4.69, 9.17) is 16.3 Å². The quantitative estimate of drug-likeness (QED) is 0.753. The lowest BCUT2D eigenvalue weighted by molar-refractivity contribution is 0.302.